The summed E-state index contributed by atoms with van der Waals surface area (Å²) in [6, 6.07) is 4.50. The number of hydrogen-bond acceptors (Lipinski definition) is 5. The van der Waals surface area contributed by atoms with Crippen LogP contribution in [-0.4, -0.2) is 45.4 Å². The van der Waals surface area contributed by atoms with Gasteiger partial charge in [-0.1, -0.05) is 0 Å². The molecule has 0 spiro atoms. The highest BCUT2D eigenvalue weighted by Crippen LogP contribution is 2.29. The van der Waals surface area contributed by atoms with Crippen molar-refractivity contribution >= 4 is 34.0 Å². The van der Waals surface area contributed by atoms with Crippen molar-refractivity contribution in [2.45, 2.75) is 37.6 Å². The topological polar surface area (TPSA) is 102 Å². The zero-order chi connectivity index (χ0) is 17.6. The molecule has 0 heterocycles. The molecule has 1 rings (SSSR count). The van der Waals surface area contributed by atoms with E-state index in [1.807, 2.05) is 6.92 Å². The summed E-state index contributed by atoms with van der Waals surface area (Å²) in [7, 11) is -0.790. The second-order valence-electron chi connectivity index (χ2n) is 5.45. The van der Waals surface area contributed by atoms with Crippen LogP contribution in [0.15, 0.2) is 23.1 Å². The van der Waals surface area contributed by atoms with Gasteiger partial charge in [-0.2, -0.15) is 0 Å². The molecule has 0 aromatic heterocycles. The largest absolute Gasteiger partial charge is 0.492 e. The lowest BCUT2D eigenvalue weighted by molar-refractivity contribution is -0.116. The molecule has 0 saturated heterocycles. The minimum Gasteiger partial charge on any atom is -0.492 e. The Kier molecular flexibility index (Phi) is 9.27. The van der Waals surface area contributed by atoms with Gasteiger partial charge in [0.15, 0.2) is 0 Å². The standard InChI is InChI=1S/C15H25N3O4S.ClH/c1-5-22-13-8-7-12(17-15(19)9-6-11(2)16)10-14(13)23(20,21)18(3)4;/h7-8,10-11H,5-6,9,16H2,1-4H3,(H,17,19);1H. The first-order chi connectivity index (χ1) is 10.7. The number of rotatable bonds is 8. The fourth-order valence-electron chi connectivity index (χ4n) is 1.84. The van der Waals surface area contributed by atoms with Crippen LogP contribution in [0.3, 0.4) is 0 Å². The summed E-state index contributed by atoms with van der Waals surface area (Å²) >= 11 is 0. The zero-order valence-corrected chi connectivity index (χ0v) is 16.0. The molecule has 0 aliphatic rings. The van der Waals surface area contributed by atoms with Gasteiger partial charge in [-0.15, -0.1) is 12.4 Å². The van der Waals surface area contributed by atoms with Crippen molar-refractivity contribution in [3.8, 4) is 5.75 Å². The summed E-state index contributed by atoms with van der Waals surface area (Å²) < 4.78 is 31.3. The van der Waals surface area contributed by atoms with Gasteiger partial charge in [0.1, 0.15) is 10.6 Å². The summed E-state index contributed by atoms with van der Waals surface area (Å²) in [5, 5.41) is 2.69. The van der Waals surface area contributed by atoms with E-state index < -0.39 is 10.0 Å². The minimum atomic E-state index is -3.68. The van der Waals surface area contributed by atoms with Crippen LogP contribution in [0.1, 0.15) is 26.7 Å². The van der Waals surface area contributed by atoms with E-state index in [4.69, 9.17) is 10.5 Å². The van der Waals surface area contributed by atoms with E-state index >= 15 is 0 Å². The molecule has 1 unspecified atom stereocenters. The number of nitrogens with zero attached hydrogens (tertiary/aromatic N) is 1. The quantitative estimate of drug-likeness (QED) is 0.717. The first-order valence-corrected chi connectivity index (χ1v) is 8.87. The number of nitrogens with two attached hydrogens (primary N) is 1. The van der Waals surface area contributed by atoms with Crippen LogP contribution >= 0.6 is 12.4 Å². The normalized spacial score (nSPS) is 12.4. The average molecular weight is 380 g/mol. The SMILES string of the molecule is CCOc1ccc(NC(=O)CCC(C)N)cc1S(=O)(=O)N(C)C.Cl. The zero-order valence-electron chi connectivity index (χ0n) is 14.4. The molecule has 1 atom stereocenters. The maximum Gasteiger partial charge on any atom is 0.246 e. The number of benzene rings is 1. The van der Waals surface area contributed by atoms with Gasteiger partial charge in [-0.3, -0.25) is 4.79 Å². The van der Waals surface area contributed by atoms with E-state index in [-0.39, 0.29) is 41.4 Å². The summed E-state index contributed by atoms with van der Waals surface area (Å²) in [4.78, 5) is 11.9. The van der Waals surface area contributed by atoms with Crippen LogP contribution in [0.2, 0.25) is 0 Å². The number of sulfonamides is 1. The van der Waals surface area contributed by atoms with Crippen molar-refractivity contribution in [1.82, 2.24) is 4.31 Å². The monoisotopic (exact) mass is 379 g/mol. The lowest BCUT2D eigenvalue weighted by atomic mass is 10.2. The van der Waals surface area contributed by atoms with Crippen LogP contribution in [-0.2, 0) is 14.8 Å². The molecule has 9 heteroatoms. The number of hydrogen-bond donors (Lipinski definition) is 2. The third-order valence-corrected chi connectivity index (χ3v) is 4.95. The maximum absolute atomic E-state index is 12.4. The van der Waals surface area contributed by atoms with Crippen molar-refractivity contribution in [3.05, 3.63) is 18.2 Å². The number of carbonyl (C=O) groups excluding carboxylic acids is 1. The number of amides is 1. The van der Waals surface area contributed by atoms with Gasteiger partial charge in [-0.05, 0) is 38.5 Å². The van der Waals surface area contributed by atoms with Crippen LogP contribution in [0.5, 0.6) is 5.75 Å². The van der Waals surface area contributed by atoms with Gasteiger partial charge in [0, 0.05) is 32.2 Å². The second-order valence-corrected chi connectivity index (χ2v) is 7.57. The highest BCUT2D eigenvalue weighted by atomic mass is 35.5. The molecule has 138 valence electrons. The summed E-state index contributed by atoms with van der Waals surface area (Å²) in [6.45, 7) is 3.94. The highest BCUT2D eigenvalue weighted by Gasteiger charge is 2.23. The highest BCUT2D eigenvalue weighted by molar-refractivity contribution is 7.89. The number of halogens is 1. The van der Waals surface area contributed by atoms with Crippen molar-refractivity contribution in [1.29, 1.82) is 0 Å². The van der Waals surface area contributed by atoms with Crippen LogP contribution in [0, 0.1) is 0 Å². The fourth-order valence-corrected chi connectivity index (χ4v) is 2.89. The van der Waals surface area contributed by atoms with Crippen LogP contribution in [0.25, 0.3) is 0 Å². The molecule has 0 saturated carbocycles. The van der Waals surface area contributed by atoms with Gasteiger partial charge in [0.05, 0.1) is 6.61 Å². The third kappa shape index (κ3) is 6.27. The summed E-state index contributed by atoms with van der Waals surface area (Å²) in [6.07, 6.45) is 0.840. The van der Waals surface area contributed by atoms with Crippen LogP contribution in [0.4, 0.5) is 5.69 Å². The molecule has 3 N–H and O–H groups in total. The number of ether oxygens (including phenoxy) is 1. The van der Waals surface area contributed by atoms with Crippen molar-refractivity contribution in [3.63, 3.8) is 0 Å². The van der Waals surface area contributed by atoms with Crippen molar-refractivity contribution in [2.75, 3.05) is 26.0 Å². The number of anilines is 1. The maximum atomic E-state index is 12.4. The van der Waals surface area contributed by atoms with Crippen molar-refractivity contribution in [2.24, 2.45) is 5.73 Å². The summed E-state index contributed by atoms with van der Waals surface area (Å²) in [5.41, 5.74) is 6.03. The van der Waals surface area contributed by atoms with Gasteiger partial charge in [-0.25, -0.2) is 12.7 Å². The molecular weight excluding hydrogens is 354 g/mol. The van der Waals surface area contributed by atoms with Gasteiger partial charge >= 0.3 is 0 Å². The number of carbonyl (C=O) groups is 1. The summed E-state index contributed by atoms with van der Waals surface area (Å²) in [5.74, 6) is 0.0504. The fraction of sp³-hybridized carbons (Fsp3) is 0.533. The first-order valence-electron chi connectivity index (χ1n) is 7.43. The average Bonchev–Trinajstić information content (AvgIpc) is 2.46. The van der Waals surface area contributed by atoms with E-state index in [0.717, 1.165) is 4.31 Å². The van der Waals surface area contributed by atoms with E-state index in [9.17, 15) is 13.2 Å². The Labute approximate surface area is 150 Å². The Morgan fingerprint density at radius 3 is 2.50 bits per heavy atom. The minimum absolute atomic E-state index is 0. The van der Waals surface area contributed by atoms with Gasteiger partial charge in [0.2, 0.25) is 15.9 Å². The Morgan fingerprint density at radius 2 is 2.00 bits per heavy atom. The predicted molar refractivity (Wildman–Crippen MR) is 97.2 cm³/mol. The van der Waals surface area contributed by atoms with E-state index in [0.29, 0.717) is 18.7 Å². The Balaban J connectivity index is 0.00000529. The molecule has 1 amide bonds. The van der Waals surface area contributed by atoms with E-state index in [1.165, 1.54) is 20.2 Å². The van der Waals surface area contributed by atoms with E-state index in [1.54, 1.807) is 19.1 Å². The molecule has 1 aromatic carbocycles. The molecular formula is C15H26ClN3O4S. The Bertz CT molecular complexity index is 648. The molecule has 0 aliphatic carbocycles. The molecule has 0 aliphatic heterocycles. The molecule has 24 heavy (non-hydrogen) atoms. The molecule has 0 bridgehead atoms. The lowest BCUT2D eigenvalue weighted by Gasteiger charge is -2.16. The van der Waals surface area contributed by atoms with Crippen molar-refractivity contribution < 1.29 is 17.9 Å². The third-order valence-electron chi connectivity index (χ3n) is 3.11. The Morgan fingerprint density at radius 1 is 1.38 bits per heavy atom. The number of nitrogens with one attached hydrogen (secondary N) is 1. The smallest absolute Gasteiger partial charge is 0.246 e. The second kappa shape index (κ2) is 9.83. The molecule has 1 aromatic rings. The first kappa shape index (κ1) is 22.6. The molecule has 0 fully saturated rings. The van der Waals surface area contributed by atoms with Gasteiger partial charge < -0.3 is 15.8 Å². The molecule has 0 radical (unpaired) electrons. The lowest BCUT2D eigenvalue weighted by Crippen LogP contribution is -2.23. The van der Waals surface area contributed by atoms with Gasteiger partial charge in [0.25, 0.3) is 0 Å². The predicted octanol–water partition coefficient (Wildman–Crippen LogP) is 1.82. The molecule has 7 nitrogen and oxygen atoms in total. The Hall–Kier alpha value is -1.35. The van der Waals surface area contributed by atoms with Crippen LogP contribution < -0.4 is 15.8 Å². The van der Waals surface area contributed by atoms with E-state index in [2.05, 4.69) is 5.32 Å².